The van der Waals surface area contributed by atoms with Gasteiger partial charge in [0.25, 0.3) is 0 Å². The van der Waals surface area contributed by atoms with Gasteiger partial charge in [0.2, 0.25) is 17.8 Å². The van der Waals surface area contributed by atoms with Crippen LogP contribution in [0.25, 0.3) is 10.6 Å². The summed E-state index contributed by atoms with van der Waals surface area (Å²) in [4.78, 5) is 25.9. The number of nitrogens with zero attached hydrogens (tertiary/aromatic N) is 2. The topological polar surface area (TPSA) is 114 Å². The Morgan fingerprint density at radius 2 is 1.78 bits per heavy atom. The molecule has 0 unspecified atom stereocenters. The maximum atomic E-state index is 13.2. The monoisotopic (exact) mass is 521 g/mol. The molecule has 3 N–H and O–H groups in total. The van der Waals surface area contributed by atoms with Crippen molar-refractivity contribution < 1.29 is 19.1 Å². The molecular weight excluding hydrogens is 502 g/mol. The van der Waals surface area contributed by atoms with Crippen molar-refractivity contribution in [3.05, 3.63) is 83.4 Å². The molecule has 182 valence electrons. The molecule has 9 nitrogen and oxygen atoms in total. The number of hydrogen-bond donors (Lipinski definition) is 3. The molecule has 0 spiro atoms. The number of anilines is 2. The van der Waals surface area contributed by atoms with Gasteiger partial charge in [0.05, 0.1) is 0 Å². The van der Waals surface area contributed by atoms with Crippen LogP contribution < -0.4 is 25.4 Å². The number of aromatic nitrogens is 2. The molecule has 1 aliphatic heterocycles. The predicted molar refractivity (Wildman–Crippen MR) is 138 cm³/mol. The van der Waals surface area contributed by atoms with Gasteiger partial charge in [-0.2, -0.15) is 0 Å². The number of amides is 3. The van der Waals surface area contributed by atoms with Crippen LogP contribution in [0.2, 0.25) is 5.02 Å². The summed E-state index contributed by atoms with van der Waals surface area (Å²) in [5.74, 6) is 0.877. The zero-order chi connectivity index (χ0) is 24.9. The molecule has 11 heteroatoms. The smallest absolute Gasteiger partial charge is 0.319 e. The summed E-state index contributed by atoms with van der Waals surface area (Å²) in [5, 5.41) is 17.9. The minimum atomic E-state index is -0.871. The third-order valence-electron chi connectivity index (χ3n) is 5.26. The van der Waals surface area contributed by atoms with Crippen molar-refractivity contribution in [3.8, 4) is 22.1 Å². The van der Waals surface area contributed by atoms with E-state index in [0.29, 0.717) is 32.3 Å². The van der Waals surface area contributed by atoms with Crippen LogP contribution in [0.5, 0.6) is 11.5 Å². The van der Waals surface area contributed by atoms with Crippen molar-refractivity contribution in [2.24, 2.45) is 0 Å². The summed E-state index contributed by atoms with van der Waals surface area (Å²) in [5.41, 5.74) is 2.19. The number of ether oxygens (including phenoxy) is 2. The van der Waals surface area contributed by atoms with Gasteiger partial charge in [-0.15, -0.1) is 10.2 Å². The van der Waals surface area contributed by atoms with Crippen LogP contribution in [0, 0.1) is 0 Å². The Kier molecular flexibility index (Phi) is 6.96. The summed E-state index contributed by atoms with van der Waals surface area (Å²) < 4.78 is 10.8. The van der Waals surface area contributed by atoms with Crippen molar-refractivity contribution in [1.29, 1.82) is 0 Å². The van der Waals surface area contributed by atoms with Gasteiger partial charge >= 0.3 is 6.03 Å². The lowest BCUT2D eigenvalue weighted by Crippen LogP contribution is -2.46. The van der Waals surface area contributed by atoms with E-state index in [1.165, 1.54) is 11.3 Å². The molecule has 0 bridgehead atoms. The zero-order valence-corrected chi connectivity index (χ0v) is 20.3. The van der Waals surface area contributed by atoms with Gasteiger partial charge in [0.15, 0.2) is 11.5 Å². The van der Waals surface area contributed by atoms with Crippen molar-refractivity contribution in [2.45, 2.75) is 12.5 Å². The number of hydrogen-bond acceptors (Lipinski definition) is 7. The lowest BCUT2D eigenvalue weighted by molar-refractivity contribution is -0.117. The van der Waals surface area contributed by atoms with Crippen LogP contribution in [0.4, 0.5) is 15.6 Å². The largest absolute Gasteiger partial charge is 0.454 e. The van der Waals surface area contributed by atoms with E-state index in [0.717, 1.165) is 11.1 Å². The predicted octanol–water partition coefficient (Wildman–Crippen LogP) is 4.96. The molecule has 1 aliphatic rings. The molecule has 3 aromatic carbocycles. The van der Waals surface area contributed by atoms with Gasteiger partial charge in [0, 0.05) is 22.7 Å². The highest BCUT2D eigenvalue weighted by molar-refractivity contribution is 7.18. The number of rotatable bonds is 7. The summed E-state index contributed by atoms with van der Waals surface area (Å²) in [6, 6.07) is 20.2. The van der Waals surface area contributed by atoms with Gasteiger partial charge in [-0.25, -0.2) is 4.79 Å². The highest BCUT2D eigenvalue weighted by atomic mass is 35.5. The van der Waals surface area contributed by atoms with E-state index in [1.807, 2.05) is 42.5 Å². The minimum Gasteiger partial charge on any atom is -0.454 e. The number of carbonyl (C=O) groups excluding carboxylic acids is 2. The lowest BCUT2D eigenvalue weighted by atomic mass is 10.1. The first kappa shape index (κ1) is 23.6. The third-order valence-corrected chi connectivity index (χ3v) is 6.38. The molecule has 5 rings (SSSR count). The summed E-state index contributed by atoms with van der Waals surface area (Å²) in [7, 11) is 0. The average Bonchev–Trinajstić information content (AvgIpc) is 3.53. The second-order valence-electron chi connectivity index (χ2n) is 7.82. The third kappa shape index (κ3) is 5.73. The zero-order valence-electron chi connectivity index (χ0n) is 18.7. The quantitative estimate of drug-likeness (QED) is 0.317. The standard InChI is InChI=1S/C25H20ClN5O4S/c26-17-7-4-8-18(13-17)27-24(33)28-19(11-15-5-2-1-3-6-15)22(32)29-25-31-30-23(36-25)16-9-10-20-21(12-16)35-14-34-20/h1-10,12-13,19H,11,14H2,(H2,27,28,33)(H,29,31,32)/t19-/m0/s1. The van der Waals surface area contributed by atoms with Crippen LogP contribution in [-0.2, 0) is 11.2 Å². The highest BCUT2D eigenvalue weighted by Gasteiger charge is 2.23. The van der Waals surface area contributed by atoms with Crippen LogP contribution >= 0.6 is 22.9 Å². The second kappa shape index (κ2) is 10.6. The van der Waals surface area contributed by atoms with Gasteiger partial charge in [-0.3, -0.25) is 10.1 Å². The van der Waals surface area contributed by atoms with E-state index >= 15 is 0 Å². The molecule has 0 aliphatic carbocycles. The van der Waals surface area contributed by atoms with E-state index in [9.17, 15) is 9.59 Å². The van der Waals surface area contributed by atoms with E-state index < -0.39 is 18.0 Å². The Hall–Kier alpha value is -4.15. The Labute approximate surface area is 215 Å². The lowest BCUT2D eigenvalue weighted by Gasteiger charge is -2.18. The highest BCUT2D eigenvalue weighted by Crippen LogP contribution is 2.37. The maximum Gasteiger partial charge on any atom is 0.319 e. The molecule has 1 atom stereocenters. The minimum absolute atomic E-state index is 0.177. The van der Waals surface area contributed by atoms with Gasteiger partial charge in [-0.05, 0) is 42.0 Å². The Morgan fingerprint density at radius 3 is 2.61 bits per heavy atom. The van der Waals surface area contributed by atoms with E-state index in [1.54, 1.807) is 30.3 Å². The first-order valence-electron chi connectivity index (χ1n) is 10.9. The van der Waals surface area contributed by atoms with Crippen LogP contribution in [0.15, 0.2) is 72.8 Å². The van der Waals surface area contributed by atoms with Gasteiger partial charge in [0.1, 0.15) is 11.0 Å². The van der Waals surface area contributed by atoms with Gasteiger partial charge < -0.3 is 20.1 Å². The van der Waals surface area contributed by atoms with Crippen molar-refractivity contribution in [3.63, 3.8) is 0 Å². The Morgan fingerprint density at radius 1 is 0.944 bits per heavy atom. The molecule has 0 saturated carbocycles. The fourth-order valence-corrected chi connectivity index (χ4v) is 4.50. The van der Waals surface area contributed by atoms with Crippen molar-refractivity contribution in [2.75, 3.05) is 17.4 Å². The van der Waals surface area contributed by atoms with E-state index in [2.05, 4.69) is 26.1 Å². The molecular formula is C25H20ClN5O4S. The van der Waals surface area contributed by atoms with Crippen molar-refractivity contribution in [1.82, 2.24) is 15.5 Å². The van der Waals surface area contributed by atoms with Crippen LogP contribution in [-0.4, -0.2) is 35.0 Å². The fraction of sp³-hybridized carbons (Fsp3) is 0.120. The molecule has 2 heterocycles. The molecule has 4 aromatic rings. The van der Waals surface area contributed by atoms with E-state index in [4.69, 9.17) is 21.1 Å². The summed E-state index contributed by atoms with van der Waals surface area (Å²) in [6.07, 6.45) is 0.281. The molecule has 3 amide bonds. The van der Waals surface area contributed by atoms with Crippen LogP contribution in [0.3, 0.4) is 0 Å². The van der Waals surface area contributed by atoms with Gasteiger partial charge in [-0.1, -0.05) is 59.3 Å². The fourth-order valence-electron chi connectivity index (χ4n) is 3.56. The summed E-state index contributed by atoms with van der Waals surface area (Å²) >= 11 is 7.21. The first-order valence-corrected chi connectivity index (χ1v) is 12.1. The number of carbonyl (C=O) groups is 2. The van der Waals surface area contributed by atoms with Crippen LogP contribution in [0.1, 0.15) is 5.56 Å². The maximum absolute atomic E-state index is 13.2. The second-order valence-corrected chi connectivity index (χ2v) is 9.23. The van der Waals surface area contributed by atoms with E-state index in [-0.39, 0.29) is 13.2 Å². The average molecular weight is 522 g/mol. The molecule has 1 aromatic heterocycles. The number of halogens is 1. The Bertz CT molecular complexity index is 1400. The first-order chi connectivity index (χ1) is 17.5. The molecule has 0 radical (unpaired) electrons. The normalized spacial score (nSPS) is 12.6. The van der Waals surface area contributed by atoms with Crippen molar-refractivity contribution >= 4 is 45.7 Å². The summed E-state index contributed by atoms with van der Waals surface area (Å²) in [6.45, 7) is 0.177. The molecule has 0 saturated heterocycles. The number of nitrogens with one attached hydrogen (secondary N) is 3. The molecule has 0 fully saturated rings. The number of benzene rings is 3. The SMILES string of the molecule is O=C(Nc1cccc(Cl)c1)N[C@@H](Cc1ccccc1)C(=O)Nc1nnc(-c2ccc3c(c2)OCO3)s1. The number of urea groups is 1. The Balaban J connectivity index is 1.29. The number of fused-ring (bicyclic) bond motifs is 1. The molecule has 36 heavy (non-hydrogen) atoms.